The largest absolute Gasteiger partial charge is 0.465 e. The van der Waals surface area contributed by atoms with Crippen LogP contribution in [0.3, 0.4) is 0 Å². The molecule has 1 aliphatic heterocycles. The summed E-state index contributed by atoms with van der Waals surface area (Å²) in [5.41, 5.74) is 3.35. The molecule has 0 bridgehead atoms. The molecule has 184 valence electrons. The lowest BCUT2D eigenvalue weighted by Gasteiger charge is -2.32. The highest BCUT2D eigenvalue weighted by molar-refractivity contribution is 6.07. The third-order valence-corrected chi connectivity index (χ3v) is 5.58. The van der Waals surface area contributed by atoms with Crippen molar-refractivity contribution in [3.8, 4) is 0 Å². The number of rotatable bonds is 10. The lowest BCUT2D eigenvalue weighted by atomic mass is 9.74. The van der Waals surface area contributed by atoms with Gasteiger partial charge in [-0.25, -0.2) is 9.59 Å². The first-order valence-corrected chi connectivity index (χ1v) is 11.9. The fourth-order valence-corrected chi connectivity index (χ4v) is 4.22. The van der Waals surface area contributed by atoms with Crippen LogP contribution in [0, 0.1) is 5.92 Å². The van der Waals surface area contributed by atoms with E-state index < -0.39 is 23.8 Å². The van der Waals surface area contributed by atoms with Gasteiger partial charge in [0, 0.05) is 22.9 Å². The first-order chi connectivity index (χ1) is 16.3. The summed E-state index contributed by atoms with van der Waals surface area (Å²) in [5.74, 6) is -2.82. The Morgan fingerprint density at radius 1 is 0.941 bits per heavy atom. The topological polar surface area (TPSA) is 91.3 Å². The minimum Gasteiger partial charge on any atom is -0.465 e. The Balaban J connectivity index is 2.76. The first-order valence-electron chi connectivity index (χ1n) is 11.9. The van der Waals surface area contributed by atoms with Crippen LogP contribution in [0.2, 0.25) is 0 Å². The molecule has 34 heavy (non-hydrogen) atoms. The van der Waals surface area contributed by atoms with E-state index >= 15 is 0 Å². The Hall–Kier alpha value is -3.22. The SMILES string of the molecule is CCCC(=Cc1ccccc1C1C(C(=O)OCC)=C(C)N=C(C)C1C(=O)OCC)C(=O)OCC. The maximum Gasteiger partial charge on any atom is 0.336 e. The predicted molar refractivity (Wildman–Crippen MR) is 131 cm³/mol. The highest BCUT2D eigenvalue weighted by Gasteiger charge is 2.43. The van der Waals surface area contributed by atoms with Gasteiger partial charge < -0.3 is 14.2 Å². The third-order valence-electron chi connectivity index (χ3n) is 5.58. The summed E-state index contributed by atoms with van der Waals surface area (Å²) in [6, 6.07) is 7.43. The Morgan fingerprint density at radius 2 is 1.59 bits per heavy atom. The molecule has 0 radical (unpaired) electrons. The van der Waals surface area contributed by atoms with Crippen LogP contribution in [0.5, 0.6) is 0 Å². The van der Waals surface area contributed by atoms with Gasteiger partial charge in [-0.3, -0.25) is 9.79 Å². The van der Waals surface area contributed by atoms with Crippen LogP contribution in [0.1, 0.15) is 71.4 Å². The molecule has 1 heterocycles. The number of allylic oxidation sites excluding steroid dienone is 1. The molecule has 1 aromatic rings. The van der Waals surface area contributed by atoms with E-state index in [1.54, 1.807) is 40.7 Å². The molecule has 2 atom stereocenters. The van der Waals surface area contributed by atoms with E-state index in [0.717, 1.165) is 17.5 Å². The summed E-state index contributed by atoms with van der Waals surface area (Å²) in [6.45, 7) is 11.4. The van der Waals surface area contributed by atoms with Crippen LogP contribution in [0.25, 0.3) is 6.08 Å². The lowest BCUT2D eigenvalue weighted by Crippen LogP contribution is -2.37. The molecule has 7 nitrogen and oxygen atoms in total. The molecular weight excluding hydrogens is 434 g/mol. The summed E-state index contributed by atoms with van der Waals surface area (Å²) in [7, 11) is 0. The molecule has 1 aliphatic rings. The van der Waals surface area contributed by atoms with Crippen molar-refractivity contribution >= 4 is 29.7 Å². The van der Waals surface area contributed by atoms with Crippen LogP contribution in [0.15, 0.2) is 46.1 Å². The van der Waals surface area contributed by atoms with Crippen LogP contribution < -0.4 is 0 Å². The average Bonchev–Trinajstić information content (AvgIpc) is 2.79. The van der Waals surface area contributed by atoms with Crippen molar-refractivity contribution in [2.24, 2.45) is 10.9 Å². The Morgan fingerprint density at radius 3 is 2.21 bits per heavy atom. The molecule has 7 heteroatoms. The number of aliphatic imine (C=N–C) groups is 1. The minimum absolute atomic E-state index is 0.195. The molecule has 0 spiro atoms. The lowest BCUT2D eigenvalue weighted by molar-refractivity contribution is -0.146. The van der Waals surface area contributed by atoms with Gasteiger partial charge in [0.1, 0.15) is 5.92 Å². The van der Waals surface area contributed by atoms with Crippen LogP contribution in [-0.4, -0.2) is 43.4 Å². The number of hydrogen-bond donors (Lipinski definition) is 0. The average molecular weight is 470 g/mol. The van der Waals surface area contributed by atoms with Gasteiger partial charge in [0.25, 0.3) is 0 Å². The number of hydrogen-bond acceptors (Lipinski definition) is 7. The van der Waals surface area contributed by atoms with Crippen molar-refractivity contribution in [2.75, 3.05) is 19.8 Å². The molecule has 0 saturated carbocycles. The zero-order valence-corrected chi connectivity index (χ0v) is 21.0. The molecule has 0 amide bonds. The van der Waals surface area contributed by atoms with Crippen LogP contribution in [-0.2, 0) is 28.6 Å². The van der Waals surface area contributed by atoms with Crippen molar-refractivity contribution in [1.29, 1.82) is 0 Å². The summed E-state index contributed by atoms with van der Waals surface area (Å²) < 4.78 is 16.0. The monoisotopic (exact) mass is 469 g/mol. The molecule has 2 unspecified atom stereocenters. The number of ether oxygens (including phenoxy) is 3. The molecule has 0 aliphatic carbocycles. The molecule has 0 N–H and O–H groups in total. The van der Waals surface area contributed by atoms with E-state index in [1.165, 1.54) is 0 Å². The normalized spacial score (nSPS) is 18.3. The second-order valence-corrected chi connectivity index (χ2v) is 7.95. The first kappa shape index (κ1) is 27.0. The second-order valence-electron chi connectivity index (χ2n) is 7.95. The minimum atomic E-state index is -0.796. The molecule has 0 saturated heterocycles. The van der Waals surface area contributed by atoms with Gasteiger partial charge in [-0.15, -0.1) is 0 Å². The Labute approximate surface area is 201 Å². The van der Waals surface area contributed by atoms with E-state index in [2.05, 4.69) is 4.99 Å². The maximum absolute atomic E-state index is 13.1. The highest BCUT2D eigenvalue weighted by atomic mass is 16.5. The zero-order chi connectivity index (χ0) is 25.3. The van der Waals surface area contributed by atoms with Crippen molar-refractivity contribution < 1.29 is 28.6 Å². The fraction of sp³-hybridized carbons (Fsp3) is 0.481. The number of benzene rings is 1. The van der Waals surface area contributed by atoms with Gasteiger partial charge >= 0.3 is 17.9 Å². The quantitative estimate of drug-likeness (QED) is 0.272. The predicted octanol–water partition coefficient (Wildman–Crippen LogP) is 5.01. The fourth-order valence-electron chi connectivity index (χ4n) is 4.22. The molecule has 2 rings (SSSR count). The molecular formula is C27H35NO6. The molecule has 0 fully saturated rings. The molecule has 1 aromatic carbocycles. The van der Waals surface area contributed by atoms with E-state index in [9.17, 15) is 14.4 Å². The highest BCUT2D eigenvalue weighted by Crippen LogP contribution is 2.42. The van der Waals surface area contributed by atoms with E-state index in [-0.39, 0.29) is 25.8 Å². The van der Waals surface area contributed by atoms with Crippen molar-refractivity contribution in [3.63, 3.8) is 0 Å². The van der Waals surface area contributed by atoms with Gasteiger partial charge in [-0.2, -0.15) is 0 Å². The van der Waals surface area contributed by atoms with Crippen molar-refractivity contribution in [1.82, 2.24) is 0 Å². The second kappa shape index (κ2) is 12.9. The van der Waals surface area contributed by atoms with Crippen molar-refractivity contribution in [3.05, 3.63) is 52.2 Å². The molecule has 0 aromatic heterocycles. The third kappa shape index (κ3) is 6.22. The van der Waals surface area contributed by atoms with Gasteiger partial charge in [-0.1, -0.05) is 37.6 Å². The van der Waals surface area contributed by atoms with E-state index in [1.807, 2.05) is 31.2 Å². The summed E-state index contributed by atoms with van der Waals surface area (Å²) >= 11 is 0. The number of nitrogens with zero attached hydrogens (tertiary/aromatic N) is 1. The summed E-state index contributed by atoms with van der Waals surface area (Å²) in [6.07, 6.45) is 3.10. The van der Waals surface area contributed by atoms with Gasteiger partial charge in [0.2, 0.25) is 0 Å². The summed E-state index contributed by atoms with van der Waals surface area (Å²) in [4.78, 5) is 43.2. The number of esters is 3. The summed E-state index contributed by atoms with van der Waals surface area (Å²) in [5, 5.41) is 0. The van der Waals surface area contributed by atoms with Crippen molar-refractivity contribution in [2.45, 2.75) is 60.3 Å². The van der Waals surface area contributed by atoms with Gasteiger partial charge in [0.15, 0.2) is 0 Å². The van der Waals surface area contributed by atoms with Gasteiger partial charge in [0.05, 0.1) is 25.4 Å². The number of carbonyl (C=O) groups excluding carboxylic acids is 3. The Kier molecular flexibility index (Phi) is 10.2. The maximum atomic E-state index is 13.1. The van der Waals surface area contributed by atoms with Crippen LogP contribution >= 0.6 is 0 Å². The zero-order valence-electron chi connectivity index (χ0n) is 21.0. The smallest absolute Gasteiger partial charge is 0.336 e. The van der Waals surface area contributed by atoms with E-state index in [0.29, 0.717) is 29.0 Å². The van der Waals surface area contributed by atoms with Gasteiger partial charge in [-0.05, 0) is 58.2 Å². The number of carbonyl (C=O) groups is 3. The standard InChI is InChI=1S/C27H35NO6/c1-7-13-20(25(29)32-8-2)16-19-14-11-12-15-21(19)24-22(26(30)33-9-3)17(5)28-18(6)23(24)27(31)34-10-4/h11-12,14-16,22,24H,7-10,13H2,1-6H3. The van der Waals surface area contributed by atoms with Crippen LogP contribution in [0.4, 0.5) is 0 Å². The Bertz CT molecular complexity index is 1000. The van der Waals surface area contributed by atoms with E-state index in [4.69, 9.17) is 14.2 Å².